The van der Waals surface area contributed by atoms with Crippen molar-refractivity contribution in [2.24, 2.45) is 5.92 Å². The Bertz CT molecular complexity index is 1040. The third kappa shape index (κ3) is 7.69. The maximum atomic E-state index is 12.8. The number of carboxylic acid groups (broad SMARTS) is 1. The first-order valence-corrected chi connectivity index (χ1v) is 12.7. The molecule has 0 radical (unpaired) electrons. The van der Waals surface area contributed by atoms with Crippen molar-refractivity contribution in [2.75, 3.05) is 11.5 Å². The molecule has 0 aromatic heterocycles. The maximum Gasteiger partial charge on any atom is 0.327 e. The molecule has 0 saturated heterocycles. The van der Waals surface area contributed by atoms with Crippen LogP contribution in [-0.4, -0.2) is 34.5 Å². The molecule has 0 aliphatic carbocycles. The highest BCUT2D eigenvalue weighted by Gasteiger charge is 2.25. The maximum absolute atomic E-state index is 12.8. The van der Waals surface area contributed by atoms with Crippen molar-refractivity contribution < 1.29 is 14.7 Å². The van der Waals surface area contributed by atoms with Crippen molar-refractivity contribution >= 4 is 36.3 Å². The average molecular weight is 480 g/mol. The highest BCUT2D eigenvalue weighted by Crippen LogP contribution is 2.21. The quantitative estimate of drug-likeness (QED) is 0.329. The Balaban J connectivity index is 1.55. The number of carbonyl (C=O) groups is 2. The number of hydrogen-bond acceptors (Lipinski definition) is 4. The van der Waals surface area contributed by atoms with Crippen molar-refractivity contribution in [3.8, 4) is 11.1 Å². The van der Waals surface area contributed by atoms with Gasteiger partial charge >= 0.3 is 5.97 Å². The fourth-order valence-electron chi connectivity index (χ4n) is 3.43. The lowest BCUT2D eigenvalue weighted by Crippen LogP contribution is -2.46. The molecule has 0 spiro atoms. The highest BCUT2D eigenvalue weighted by molar-refractivity contribution is 7.98. The largest absolute Gasteiger partial charge is 0.480 e. The second kappa shape index (κ2) is 12.5. The molecule has 0 heterocycles. The third-order valence-corrected chi connectivity index (χ3v) is 6.97. The van der Waals surface area contributed by atoms with Crippen LogP contribution in [0.25, 0.3) is 11.1 Å². The summed E-state index contributed by atoms with van der Waals surface area (Å²) in [6.45, 7) is 2.03. The second-order valence-electron chi connectivity index (χ2n) is 8.05. The minimum Gasteiger partial charge on any atom is -0.480 e. The fourth-order valence-corrected chi connectivity index (χ4v) is 4.73. The van der Waals surface area contributed by atoms with Gasteiger partial charge in [-0.15, -0.1) is 0 Å². The van der Waals surface area contributed by atoms with Gasteiger partial charge in [-0.25, -0.2) is 4.79 Å². The summed E-state index contributed by atoms with van der Waals surface area (Å²) in [5.74, 6) is -0.357. The highest BCUT2D eigenvalue weighted by atomic mass is 32.2. The van der Waals surface area contributed by atoms with Crippen LogP contribution in [0.4, 0.5) is 0 Å². The monoisotopic (exact) mass is 479 g/mol. The Morgan fingerprint density at radius 1 is 0.909 bits per heavy atom. The smallest absolute Gasteiger partial charge is 0.327 e. The second-order valence-corrected chi connectivity index (χ2v) is 9.44. The van der Waals surface area contributed by atoms with Crippen molar-refractivity contribution in [3.05, 3.63) is 95.6 Å². The predicted octanol–water partition coefficient (Wildman–Crippen LogP) is 5.25. The van der Waals surface area contributed by atoms with Crippen molar-refractivity contribution in [1.82, 2.24) is 5.32 Å². The van der Waals surface area contributed by atoms with Gasteiger partial charge in [0.2, 0.25) is 5.91 Å². The standard InChI is InChI=1S/C27H29NO3S2/c1-19-7-9-21(10-8-19)17-33-18-25(27(30)31)28-26(29)24(16-32)15-20-11-13-23(14-12-20)22-5-3-2-4-6-22/h2-14,24-25,32H,15-18H2,1H3,(H,28,29)(H,30,31)/t24?,25-/m0/s1. The van der Waals surface area contributed by atoms with E-state index in [0.29, 0.717) is 23.7 Å². The van der Waals surface area contributed by atoms with Crippen LogP contribution in [0.3, 0.4) is 0 Å². The predicted molar refractivity (Wildman–Crippen MR) is 140 cm³/mol. The molecule has 0 fully saturated rings. The summed E-state index contributed by atoms with van der Waals surface area (Å²) < 4.78 is 0. The molecule has 33 heavy (non-hydrogen) atoms. The Kier molecular flexibility index (Phi) is 9.46. The number of aryl methyl sites for hydroxylation is 1. The summed E-state index contributed by atoms with van der Waals surface area (Å²) in [4.78, 5) is 24.5. The zero-order valence-corrected chi connectivity index (χ0v) is 20.3. The zero-order valence-electron chi connectivity index (χ0n) is 18.6. The third-order valence-electron chi connectivity index (χ3n) is 5.42. The minimum absolute atomic E-state index is 0.277. The lowest BCUT2D eigenvalue weighted by Gasteiger charge is -2.19. The van der Waals surface area contributed by atoms with Crippen LogP contribution in [0.5, 0.6) is 0 Å². The molecule has 2 N–H and O–H groups in total. The normalized spacial score (nSPS) is 12.7. The van der Waals surface area contributed by atoms with Gasteiger partial charge < -0.3 is 10.4 Å². The van der Waals surface area contributed by atoms with Crippen LogP contribution in [0, 0.1) is 12.8 Å². The van der Waals surface area contributed by atoms with Crippen LogP contribution in [0.15, 0.2) is 78.9 Å². The SMILES string of the molecule is Cc1ccc(CSC[C@H](NC(=O)C(CS)Cc2ccc(-c3ccccc3)cc2)C(=O)O)cc1. The molecular weight excluding hydrogens is 450 g/mol. The molecule has 2 atom stereocenters. The zero-order chi connectivity index (χ0) is 23.6. The van der Waals surface area contributed by atoms with Gasteiger partial charge in [-0.1, -0.05) is 84.4 Å². The molecule has 1 unspecified atom stereocenters. The topological polar surface area (TPSA) is 66.4 Å². The molecule has 0 bridgehead atoms. The lowest BCUT2D eigenvalue weighted by molar-refractivity contribution is -0.141. The first-order valence-electron chi connectivity index (χ1n) is 10.9. The molecule has 3 aromatic rings. The van der Waals surface area contributed by atoms with E-state index in [1.807, 2.05) is 73.7 Å². The van der Waals surface area contributed by atoms with E-state index in [4.69, 9.17) is 0 Å². The number of nitrogens with one attached hydrogen (secondary N) is 1. The Morgan fingerprint density at radius 3 is 2.12 bits per heavy atom. The summed E-state index contributed by atoms with van der Waals surface area (Å²) >= 11 is 5.85. The van der Waals surface area contributed by atoms with Gasteiger partial charge in [-0.05, 0) is 35.6 Å². The Labute approximate surface area is 205 Å². The van der Waals surface area contributed by atoms with Gasteiger partial charge in [-0.3, -0.25) is 4.79 Å². The molecule has 4 nitrogen and oxygen atoms in total. The van der Waals surface area contributed by atoms with E-state index in [-0.39, 0.29) is 5.91 Å². The first-order chi connectivity index (χ1) is 16.0. The van der Waals surface area contributed by atoms with Crippen LogP contribution >= 0.6 is 24.4 Å². The summed E-state index contributed by atoms with van der Waals surface area (Å²) in [6, 6.07) is 25.4. The van der Waals surface area contributed by atoms with E-state index in [1.54, 1.807) is 0 Å². The summed E-state index contributed by atoms with van der Waals surface area (Å²) in [6.07, 6.45) is 0.507. The first kappa shape index (κ1) is 24.9. The van der Waals surface area contributed by atoms with E-state index in [2.05, 4.69) is 30.1 Å². The molecule has 1 amide bonds. The Hall–Kier alpha value is -2.70. The molecular formula is C27H29NO3S2. The van der Waals surface area contributed by atoms with Gasteiger partial charge in [-0.2, -0.15) is 24.4 Å². The number of carboxylic acids is 1. The van der Waals surface area contributed by atoms with E-state index >= 15 is 0 Å². The summed E-state index contributed by atoms with van der Waals surface area (Å²) in [5.41, 5.74) is 5.59. The van der Waals surface area contributed by atoms with E-state index < -0.39 is 17.9 Å². The Morgan fingerprint density at radius 2 is 1.52 bits per heavy atom. The van der Waals surface area contributed by atoms with Crippen molar-refractivity contribution in [1.29, 1.82) is 0 Å². The van der Waals surface area contributed by atoms with E-state index in [9.17, 15) is 14.7 Å². The van der Waals surface area contributed by atoms with Crippen LogP contribution < -0.4 is 5.32 Å². The van der Waals surface area contributed by atoms with E-state index in [0.717, 1.165) is 22.3 Å². The molecule has 3 rings (SSSR count). The number of benzene rings is 3. The van der Waals surface area contributed by atoms with Gasteiger partial charge in [0.25, 0.3) is 0 Å². The molecule has 0 aliphatic heterocycles. The van der Waals surface area contributed by atoms with Gasteiger partial charge in [0.05, 0.1) is 5.92 Å². The minimum atomic E-state index is -1.02. The van der Waals surface area contributed by atoms with Gasteiger partial charge in [0.15, 0.2) is 0 Å². The van der Waals surface area contributed by atoms with Crippen LogP contribution in [0.1, 0.15) is 16.7 Å². The summed E-state index contributed by atoms with van der Waals surface area (Å²) in [5, 5.41) is 12.3. The van der Waals surface area contributed by atoms with E-state index in [1.165, 1.54) is 17.3 Å². The fraction of sp³-hybridized carbons (Fsp3) is 0.259. The molecule has 6 heteroatoms. The van der Waals surface area contributed by atoms with Crippen LogP contribution in [-0.2, 0) is 21.8 Å². The lowest BCUT2D eigenvalue weighted by atomic mass is 9.97. The van der Waals surface area contributed by atoms with Crippen molar-refractivity contribution in [2.45, 2.75) is 25.1 Å². The molecule has 0 saturated carbocycles. The number of thioether (sulfide) groups is 1. The van der Waals surface area contributed by atoms with Crippen LogP contribution in [0.2, 0.25) is 0 Å². The number of amides is 1. The summed E-state index contributed by atoms with van der Waals surface area (Å²) in [7, 11) is 0. The van der Waals surface area contributed by atoms with Gasteiger partial charge in [0, 0.05) is 17.3 Å². The number of carbonyl (C=O) groups excluding carboxylic acids is 1. The van der Waals surface area contributed by atoms with Gasteiger partial charge in [0.1, 0.15) is 6.04 Å². The number of rotatable bonds is 11. The molecule has 3 aromatic carbocycles. The average Bonchev–Trinajstić information content (AvgIpc) is 2.83. The number of thiol groups is 1. The molecule has 0 aliphatic rings. The molecule has 172 valence electrons. The van der Waals surface area contributed by atoms with Crippen molar-refractivity contribution in [3.63, 3.8) is 0 Å². The number of aliphatic carboxylic acids is 1. The number of hydrogen-bond donors (Lipinski definition) is 3.